The number of alkyl halides is 2. The maximum atomic E-state index is 13.2. The van der Waals surface area contributed by atoms with Crippen molar-refractivity contribution in [2.75, 3.05) is 25.0 Å². The Labute approximate surface area is 136 Å². The summed E-state index contributed by atoms with van der Waals surface area (Å²) in [7, 11) is 0. The zero-order valence-corrected chi connectivity index (χ0v) is 12.8. The second-order valence-corrected chi connectivity index (χ2v) is 5.58. The van der Waals surface area contributed by atoms with Crippen LogP contribution in [0.1, 0.15) is 24.8 Å². The van der Waals surface area contributed by atoms with Crippen LogP contribution in [-0.4, -0.2) is 47.7 Å². The third kappa shape index (κ3) is 5.12. The number of urea groups is 1. The number of amides is 2. The van der Waals surface area contributed by atoms with Crippen molar-refractivity contribution in [2.45, 2.75) is 25.3 Å². The lowest BCUT2D eigenvalue weighted by Gasteiger charge is -2.31. The van der Waals surface area contributed by atoms with Crippen molar-refractivity contribution in [3.63, 3.8) is 0 Å². The quantitative estimate of drug-likeness (QED) is 0.766. The summed E-state index contributed by atoms with van der Waals surface area (Å²) >= 11 is 0. The summed E-state index contributed by atoms with van der Waals surface area (Å²) in [6.07, 6.45) is -1.79. The monoisotopic (exact) mass is 345 g/mol. The van der Waals surface area contributed by atoms with E-state index < -0.39 is 29.8 Å². The van der Waals surface area contributed by atoms with Gasteiger partial charge in [-0.15, -0.1) is 0 Å². The van der Waals surface area contributed by atoms with Gasteiger partial charge in [0, 0.05) is 24.8 Å². The van der Waals surface area contributed by atoms with E-state index in [2.05, 4.69) is 10.6 Å². The number of anilines is 1. The van der Waals surface area contributed by atoms with Crippen molar-refractivity contribution in [1.29, 1.82) is 0 Å². The summed E-state index contributed by atoms with van der Waals surface area (Å²) < 4.78 is 38.5. The van der Waals surface area contributed by atoms with Crippen LogP contribution in [0.15, 0.2) is 18.2 Å². The molecule has 0 unspecified atom stereocenters. The molecule has 1 saturated heterocycles. The van der Waals surface area contributed by atoms with Crippen LogP contribution in [0.2, 0.25) is 0 Å². The molecule has 0 bridgehead atoms. The summed E-state index contributed by atoms with van der Waals surface area (Å²) in [6.45, 7) is 1.05. The highest BCUT2D eigenvalue weighted by atomic mass is 19.3. The second-order valence-electron chi connectivity index (χ2n) is 5.58. The maximum Gasteiger partial charge on any atom is 0.319 e. The number of benzene rings is 1. The zero-order valence-electron chi connectivity index (χ0n) is 12.8. The van der Waals surface area contributed by atoms with Crippen molar-refractivity contribution in [3.8, 4) is 0 Å². The van der Waals surface area contributed by atoms with Crippen LogP contribution in [0, 0.1) is 5.82 Å². The van der Waals surface area contributed by atoms with Gasteiger partial charge in [0.25, 0.3) is 6.43 Å². The first kappa shape index (κ1) is 18.1. The molecule has 24 heavy (non-hydrogen) atoms. The minimum atomic E-state index is -2.96. The van der Waals surface area contributed by atoms with Gasteiger partial charge in [0.2, 0.25) is 0 Å². The Morgan fingerprint density at radius 1 is 1.29 bits per heavy atom. The number of likely N-dealkylation sites (tertiary alicyclic amines) is 1. The molecule has 3 N–H and O–H groups in total. The first-order chi connectivity index (χ1) is 11.3. The Balaban J connectivity index is 1.84. The Hall–Kier alpha value is -2.29. The predicted octanol–water partition coefficient (Wildman–Crippen LogP) is 2.43. The van der Waals surface area contributed by atoms with E-state index in [1.54, 1.807) is 4.90 Å². The summed E-state index contributed by atoms with van der Waals surface area (Å²) in [5.41, 5.74) is -0.692. The smallest absolute Gasteiger partial charge is 0.319 e. The molecule has 132 valence electrons. The molecule has 0 aromatic heterocycles. The van der Waals surface area contributed by atoms with Gasteiger partial charge in [-0.05, 0) is 31.0 Å². The number of carboxylic acid groups (broad SMARTS) is 1. The number of carboxylic acids is 1. The molecule has 0 aliphatic carbocycles. The van der Waals surface area contributed by atoms with E-state index in [1.165, 1.54) is 6.07 Å². The number of hydrogen-bond acceptors (Lipinski definition) is 3. The molecule has 0 atom stereocenters. The first-order valence-corrected chi connectivity index (χ1v) is 7.44. The predicted molar refractivity (Wildman–Crippen MR) is 80.6 cm³/mol. The average molecular weight is 345 g/mol. The number of hydrogen-bond donors (Lipinski definition) is 3. The fourth-order valence-electron chi connectivity index (χ4n) is 2.57. The van der Waals surface area contributed by atoms with E-state index >= 15 is 0 Å². The normalized spacial score (nSPS) is 16.2. The Morgan fingerprint density at radius 2 is 1.96 bits per heavy atom. The average Bonchev–Trinajstić information content (AvgIpc) is 2.50. The van der Waals surface area contributed by atoms with Crippen LogP contribution < -0.4 is 10.6 Å². The van der Waals surface area contributed by atoms with E-state index in [-0.39, 0.29) is 18.3 Å². The minimum absolute atomic E-state index is 0.0368. The number of aliphatic carboxylic acids is 1. The number of halogens is 3. The van der Waals surface area contributed by atoms with Gasteiger partial charge in [-0.3, -0.25) is 9.69 Å². The van der Waals surface area contributed by atoms with Crippen LogP contribution in [0.3, 0.4) is 0 Å². The topological polar surface area (TPSA) is 81.7 Å². The van der Waals surface area contributed by atoms with E-state index in [9.17, 15) is 22.8 Å². The van der Waals surface area contributed by atoms with E-state index in [0.29, 0.717) is 25.9 Å². The van der Waals surface area contributed by atoms with Crippen LogP contribution >= 0.6 is 0 Å². The molecule has 2 amide bonds. The van der Waals surface area contributed by atoms with Crippen LogP contribution in [-0.2, 0) is 4.79 Å². The molecule has 1 aromatic carbocycles. The second kappa shape index (κ2) is 8.00. The van der Waals surface area contributed by atoms with E-state index in [1.807, 2.05) is 0 Å². The molecule has 0 saturated carbocycles. The molecule has 1 heterocycles. The van der Waals surface area contributed by atoms with Gasteiger partial charge in [0.05, 0.1) is 12.1 Å². The SMILES string of the molecule is O=C(O)CN1CCC(NC(=O)Nc2ccc(F)c(C(F)F)c2)CC1. The minimum Gasteiger partial charge on any atom is -0.480 e. The Kier molecular flexibility index (Phi) is 6.02. The number of nitrogens with zero attached hydrogens (tertiary/aromatic N) is 1. The van der Waals surface area contributed by atoms with Gasteiger partial charge in [-0.1, -0.05) is 0 Å². The summed E-state index contributed by atoms with van der Waals surface area (Å²) in [5, 5.41) is 13.8. The van der Waals surface area contributed by atoms with Crippen molar-refractivity contribution < 1.29 is 27.9 Å². The van der Waals surface area contributed by atoms with Crippen molar-refractivity contribution in [3.05, 3.63) is 29.6 Å². The number of nitrogens with one attached hydrogen (secondary N) is 2. The van der Waals surface area contributed by atoms with Crippen molar-refractivity contribution in [1.82, 2.24) is 10.2 Å². The van der Waals surface area contributed by atoms with E-state index in [4.69, 9.17) is 5.11 Å². The first-order valence-electron chi connectivity index (χ1n) is 7.44. The lowest BCUT2D eigenvalue weighted by Crippen LogP contribution is -2.47. The van der Waals surface area contributed by atoms with Gasteiger partial charge in [0.15, 0.2) is 0 Å². The highest BCUT2D eigenvalue weighted by Crippen LogP contribution is 2.25. The highest BCUT2D eigenvalue weighted by molar-refractivity contribution is 5.89. The largest absolute Gasteiger partial charge is 0.480 e. The number of carbonyl (C=O) groups is 2. The molecule has 6 nitrogen and oxygen atoms in total. The lowest BCUT2D eigenvalue weighted by molar-refractivity contribution is -0.138. The van der Waals surface area contributed by atoms with E-state index in [0.717, 1.165) is 12.1 Å². The van der Waals surface area contributed by atoms with Gasteiger partial charge in [0.1, 0.15) is 5.82 Å². The fourth-order valence-corrected chi connectivity index (χ4v) is 2.57. The van der Waals surface area contributed by atoms with Crippen LogP contribution in [0.25, 0.3) is 0 Å². The molecule has 1 fully saturated rings. The molecule has 1 aromatic rings. The number of piperidine rings is 1. The molecule has 1 aliphatic rings. The fraction of sp³-hybridized carbons (Fsp3) is 0.467. The molecule has 2 rings (SSSR count). The summed E-state index contributed by atoms with van der Waals surface area (Å²) in [5.74, 6) is -1.92. The lowest BCUT2D eigenvalue weighted by atomic mass is 10.1. The molecule has 0 radical (unpaired) electrons. The zero-order chi connectivity index (χ0) is 17.7. The molecule has 1 aliphatic heterocycles. The van der Waals surface area contributed by atoms with Crippen LogP contribution in [0.4, 0.5) is 23.7 Å². The third-order valence-corrected chi connectivity index (χ3v) is 3.77. The van der Waals surface area contributed by atoms with Gasteiger partial charge < -0.3 is 15.7 Å². The molecule has 0 spiro atoms. The molecular weight excluding hydrogens is 327 g/mol. The van der Waals surface area contributed by atoms with Crippen molar-refractivity contribution in [2.24, 2.45) is 0 Å². The molecular formula is C15H18F3N3O3. The summed E-state index contributed by atoms with van der Waals surface area (Å²) in [4.78, 5) is 24.3. The summed E-state index contributed by atoms with van der Waals surface area (Å²) in [6, 6.07) is 2.27. The highest BCUT2D eigenvalue weighted by Gasteiger charge is 2.22. The van der Waals surface area contributed by atoms with Gasteiger partial charge in [-0.25, -0.2) is 18.0 Å². The van der Waals surface area contributed by atoms with Crippen LogP contribution in [0.5, 0.6) is 0 Å². The van der Waals surface area contributed by atoms with Gasteiger partial charge in [-0.2, -0.15) is 0 Å². The maximum absolute atomic E-state index is 13.2. The van der Waals surface area contributed by atoms with Gasteiger partial charge >= 0.3 is 12.0 Å². The third-order valence-electron chi connectivity index (χ3n) is 3.77. The Bertz CT molecular complexity index is 605. The number of rotatable bonds is 5. The standard InChI is InChI=1S/C15H18F3N3O3/c16-12-2-1-10(7-11(12)14(17)18)20-15(24)19-9-3-5-21(6-4-9)8-13(22)23/h1-2,7,9,14H,3-6,8H2,(H,22,23)(H2,19,20,24). The number of carbonyl (C=O) groups excluding carboxylic acids is 1. The molecule has 9 heteroatoms. The van der Waals surface area contributed by atoms with Crippen molar-refractivity contribution >= 4 is 17.7 Å². The Morgan fingerprint density at radius 3 is 2.54 bits per heavy atom.